The fourth-order valence-corrected chi connectivity index (χ4v) is 5.26. The average Bonchev–Trinajstić information content (AvgIpc) is 3.01. The number of rotatable bonds is 4. The van der Waals surface area contributed by atoms with Gasteiger partial charge in [0.25, 0.3) is 5.91 Å². The van der Waals surface area contributed by atoms with Gasteiger partial charge < -0.3 is 10.2 Å². The van der Waals surface area contributed by atoms with E-state index in [2.05, 4.69) is 20.4 Å². The van der Waals surface area contributed by atoms with Crippen LogP contribution in [-0.2, 0) is 0 Å². The lowest BCUT2D eigenvalue weighted by atomic mass is 9.84. The minimum atomic E-state index is 0.0389. The second kappa shape index (κ2) is 6.82. The van der Waals surface area contributed by atoms with E-state index in [-0.39, 0.29) is 5.91 Å². The van der Waals surface area contributed by atoms with Gasteiger partial charge in [-0.25, -0.2) is 0 Å². The Labute approximate surface area is 149 Å². The van der Waals surface area contributed by atoms with Gasteiger partial charge in [0.2, 0.25) is 0 Å². The number of nitrogens with one attached hydrogen (secondary N) is 1. The predicted octanol–water partition coefficient (Wildman–Crippen LogP) is 2.82. The van der Waals surface area contributed by atoms with Gasteiger partial charge in [-0.05, 0) is 63.0 Å². The molecule has 0 saturated carbocycles. The van der Waals surface area contributed by atoms with Crippen molar-refractivity contribution >= 4 is 29.0 Å². The molecule has 1 aromatic carbocycles. The number of aromatic nitrogens is 2. The van der Waals surface area contributed by atoms with Crippen LogP contribution in [0, 0.1) is 12.8 Å². The maximum absolute atomic E-state index is 12.5. The number of nitrogens with zero attached hydrogens (tertiary/aromatic N) is 3. The number of aryl methyl sites for hydroxylation is 1. The van der Waals surface area contributed by atoms with Crippen molar-refractivity contribution in [1.82, 2.24) is 20.4 Å². The van der Waals surface area contributed by atoms with Crippen LogP contribution in [0.15, 0.2) is 33.5 Å². The van der Waals surface area contributed by atoms with Crippen molar-refractivity contribution in [2.45, 2.75) is 35.0 Å². The van der Waals surface area contributed by atoms with Crippen LogP contribution < -0.4 is 5.32 Å². The highest BCUT2D eigenvalue weighted by molar-refractivity contribution is 8.01. The third-order valence-electron chi connectivity index (χ3n) is 4.80. The summed E-state index contributed by atoms with van der Waals surface area (Å²) in [5.74, 6) is 0.687. The zero-order valence-corrected chi connectivity index (χ0v) is 15.2. The Morgan fingerprint density at radius 3 is 2.58 bits per heavy atom. The summed E-state index contributed by atoms with van der Waals surface area (Å²) >= 11 is 3.16. The molecule has 0 spiro atoms. The molecule has 3 aliphatic heterocycles. The zero-order valence-electron chi connectivity index (χ0n) is 13.6. The van der Waals surface area contributed by atoms with E-state index in [9.17, 15) is 4.79 Å². The summed E-state index contributed by atoms with van der Waals surface area (Å²) in [7, 11) is 0. The van der Waals surface area contributed by atoms with E-state index in [1.54, 1.807) is 23.1 Å². The molecule has 3 aliphatic rings. The molecule has 2 aromatic rings. The maximum atomic E-state index is 12.5. The molecular weight excluding hydrogens is 340 g/mol. The number of hydrogen-bond acceptors (Lipinski definition) is 6. The second-order valence-corrected chi connectivity index (χ2v) is 8.93. The summed E-state index contributed by atoms with van der Waals surface area (Å²) in [5.41, 5.74) is 0.726. The Balaban J connectivity index is 1.38. The summed E-state index contributed by atoms with van der Waals surface area (Å²) in [6.45, 7) is 5.33. The first-order valence-corrected chi connectivity index (χ1v) is 9.92. The summed E-state index contributed by atoms with van der Waals surface area (Å²) in [6, 6.07) is 8.05. The number of piperidine rings is 3. The first-order chi connectivity index (χ1) is 11.7. The van der Waals surface area contributed by atoms with E-state index in [1.165, 1.54) is 25.9 Å². The highest BCUT2D eigenvalue weighted by Crippen LogP contribution is 2.30. The standard InChI is InChI=1S/C17H20N4OS2/c1-11-19-20-17(23-11)24-14-4-2-13(3-5-14)16(22)18-15-10-21-8-6-12(15)7-9-21/h2-5,12,15H,6-10H2,1H3,(H,18,22). The molecular formula is C17H20N4OS2. The van der Waals surface area contributed by atoms with Crippen LogP contribution in [0.1, 0.15) is 28.2 Å². The monoisotopic (exact) mass is 360 g/mol. The van der Waals surface area contributed by atoms with Crippen LogP contribution >= 0.6 is 23.1 Å². The molecule has 3 saturated heterocycles. The molecule has 1 atom stereocenters. The van der Waals surface area contributed by atoms with Crippen molar-refractivity contribution in [2.24, 2.45) is 5.92 Å². The van der Waals surface area contributed by atoms with Crippen LogP contribution in [0.4, 0.5) is 0 Å². The Morgan fingerprint density at radius 2 is 2.00 bits per heavy atom. The molecule has 0 aliphatic carbocycles. The van der Waals surface area contributed by atoms with Gasteiger partial charge in [-0.2, -0.15) is 0 Å². The summed E-state index contributed by atoms with van der Waals surface area (Å²) < 4.78 is 0.928. The third kappa shape index (κ3) is 3.48. The number of carbonyl (C=O) groups excluding carboxylic acids is 1. The van der Waals surface area contributed by atoms with Gasteiger partial charge in [-0.15, -0.1) is 10.2 Å². The second-order valence-electron chi connectivity index (χ2n) is 6.43. The minimum Gasteiger partial charge on any atom is -0.348 e. The average molecular weight is 361 g/mol. The van der Waals surface area contributed by atoms with Gasteiger partial charge in [-0.1, -0.05) is 23.1 Å². The van der Waals surface area contributed by atoms with Gasteiger partial charge in [0, 0.05) is 23.0 Å². The smallest absolute Gasteiger partial charge is 0.251 e. The predicted molar refractivity (Wildman–Crippen MR) is 95.6 cm³/mol. The lowest BCUT2D eigenvalue weighted by molar-refractivity contribution is 0.0620. The van der Waals surface area contributed by atoms with Crippen LogP contribution in [0.5, 0.6) is 0 Å². The van der Waals surface area contributed by atoms with Gasteiger partial charge in [0.05, 0.1) is 0 Å². The number of carbonyl (C=O) groups is 1. The molecule has 1 N–H and O–H groups in total. The van der Waals surface area contributed by atoms with Crippen LogP contribution in [-0.4, -0.2) is 46.7 Å². The molecule has 5 rings (SSSR count). The van der Waals surface area contributed by atoms with Crippen LogP contribution in [0.25, 0.3) is 0 Å². The topological polar surface area (TPSA) is 58.1 Å². The fraction of sp³-hybridized carbons (Fsp3) is 0.471. The van der Waals surface area contributed by atoms with E-state index in [4.69, 9.17) is 0 Å². The Bertz CT molecular complexity index is 722. The number of fused-ring (bicyclic) bond motifs is 3. The molecule has 4 heterocycles. The van der Waals surface area contributed by atoms with E-state index < -0.39 is 0 Å². The van der Waals surface area contributed by atoms with Crippen molar-refractivity contribution < 1.29 is 4.79 Å². The largest absolute Gasteiger partial charge is 0.348 e. The highest BCUT2D eigenvalue weighted by atomic mass is 32.2. The molecule has 1 unspecified atom stereocenters. The van der Waals surface area contributed by atoms with Gasteiger partial charge in [-0.3, -0.25) is 4.79 Å². The maximum Gasteiger partial charge on any atom is 0.251 e. The van der Waals surface area contributed by atoms with Crippen molar-refractivity contribution in [2.75, 3.05) is 19.6 Å². The number of hydrogen-bond donors (Lipinski definition) is 1. The summed E-state index contributed by atoms with van der Waals surface area (Å²) in [6.07, 6.45) is 2.42. The van der Waals surface area contributed by atoms with Gasteiger partial charge in [0.1, 0.15) is 5.01 Å². The molecule has 24 heavy (non-hydrogen) atoms. The van der Waals surface area contributed by atoms with E-state index >= 15 is 0 Å². The third-order valence-corrected chi connectivity index (χ3v) is 6.70. The van der Waals surface area contributed by atoms with Crippen LogP contribution in [0.2, 0.25) is 0 Å². The van der Waals surface area contributed by atoms with Crippen LogP contribution in [0.3, 0.4) is 0 Å². The number of amides is 1. The van der Waals surface area contributed by atoms with Crippen molar-refractivity contribution in [3.8, 4) is 0 Å². The first-order valence-electron chi connectivity index (χ1n) is 8.28. The van der Waals surface area contributed by atoms with E-state index in [0.29, 0.717) is 12.0 Å². The number of benzene rings is 1. The van der Waals surface area contributed by atoms with E-state index in [0.717, 1.165) is 26.4 Å². The summed E-state index contributed by atoms with van der Waals surface area (Å²) in [4.78, 5) is 16.0. The SMILES string of the molecule is Cc1nnc(Sc2ccc(C(=O)NC3CN4CCC3CC4)cc2)s1. The Hall–Kier alpha value is -1.44. The van der Waals surface area contributed by atoms with Gasteiger partial charge in [0.15, 0.2) is 4.34 Å². The Morgan fingerprint density at radius 1 is 1.25 bits per heavy atom. The van der Waals surface area contributed by atoms with Crippen molar-refractivity contribution in [3.05, 3.63) is 34.8 Å². The minimum absolute atomic E-state index is 0.0389. The molecule has 1 aromatic heterocycles. The van der Waals surface area contributed by atoms with Crippen molar-refractivity contribution in [1.29, 1.82) is 0 Å². The van der Waals surface area contributed by atoms with E-state index in [1.807, 2.05) is 31.2 Å². The zero-order chi connectivity index (χ0) is 16.5. The molecule has 0 radical (unpaired) electrons. The molecule has 2 bridgehead atoms. The highest BCUT2D eigenvalue weighted by Gasteiger charge is 2.34. The fourth-order valence-electron chi connectivity index (χ4n) is 3.48. The molecule has 126 valence electrons. The summed E-state index contributed by atoms with van der Waals surface area (Å²) in [5, 5.41) is 12.3. The Kier molecular flexibility index (Phi) is 4.56. The molecule has 1 amide bonds. The molecule has 3 fully saturated rings. The quantitative estimate of drug-likeness (QED) is 0.909. The lowest BCUT2D eigenvalue weighted by Crippen LogP contribution is -2.57. The first kappa shape index (κ1) is 16.1. The molecule has 7 heteroatoms. The lowest BCUT2D eigenvalue weighted by Gasteiger charge is -2.44. The normalized spacial score (nSPS) is 25.6. The van der Waals surface area contributed by atoms with Crippen molar-refractivity contribution in [3.63, 3.8) is 0 Å². The van der Waals surface area contributed by atoms with Gasteiger partial charge >= 0.3 is 0 Å². The molecule has 5 nitrogen and oxygen atoms in total.